The number of unbranched alkanes of at least 4 members (excludes halogenated alkanes) is 2. The molecule has 1 aliphatic rings. The van der Waals surface area contributed by atoms with Gasteiger partial charge in [0.1, 0.15) is 0 Å². The van der Waals surface area contributed by atoms with Gasteiger partial charge in [0.2, 0.25) is 5.91 Å². The molecule has 4 nitrogen and oxygen atoms in total. The number of carbonyl (C=O) groups excluding carboxylic acids is 1. The lowest BCUT2D eigenvalue weighted by molar-refractivity contribution is -0.133. The lowest BCUT2D eigenvalue weighted by Crippen LogP contribution is -2.48. The molecule has 0 aliphatic carbocycles. The summed E-state index contributed by atoms with van der Waals surface area (Å²) in [6, 6.07) is 0. The number of carbonyl (C=O) groups is 1. The van der Waals surface area contributed by atoms with Gasteiger partial charge < -0.3 is 15.1 Å². The largest absolute Gasteiger partial charge is 0.340 e. The minimum Gasteiger partial charge on any atom is -0.340 e. The normalized spacial score (nSPS) is 14.7. The summed E-state index contributed by atoms with van der Waals surface area (Å²) in [7, 11) is 1.97. The highest BCUT2D eigenvalue weighted by Crippen LogP contribution is 2.07. The first-order valence-electron chi connectivity index (χ1n) is 8.92. The Morgan fingerprint density at radius 3 is 2.00 bits per heavy atom. The average molecular weight is 302 g/mol. The van der Waals surface area contributed by atoms with Crippen LogP contribution < -0.4 is 5.32 Å². The molecular weight excluding hydrogens is 262 g/mol. The topological polar surface area (TPSA) is 35.6 Å². The Morgan fingerprint density at radius 2 is 1.52 bits per heavy atom. The minimum absolute atomic E-state index is 0.352. The maximum absolute atomic E-state index is 11.9. The van der Waals surface area contributed by atoms with E-state index in [1.54, 1.807) is 0 Å². The lowest BCUT2D eigenvalue weighted by atomic mass is 10.1. The van der Waals surface area contributed by atoms with Gasteiger partial charge in [-0.3, -0.25) is 4.79 Å². The summed E-state index contributed by atoms with van der Waals surface area (Å²) in [5.74, 6) is 0.352. The van der Waals surface area contributed by atoms with E-state index < -0.39 is 0 Å². The van der Waals surface area contributed by atoms with Crippen LogP contribution in [0.4, 0.5) is 0 Å². The molecule has 0 bridgehead atoms. The molecule has 1 N–H and O–H groups in total. The monoisotopic (exact) mass is 301 g/mol. The number of amides is 1. The van der Waals surface area contributed by atoms with Crippen molar-refractivity contribution in [3.8, 4) is 0 Å². The van der Waals surface area contributed by atoms with Crippen molar-refractivity contribution < 1.29 is 4.79 Å². The molecule has 0 atom stereocenters. The SMILES string of the molecule is CC.CC.CCN1CCN(C(=O)CCCCCNC)CC1. The molecule has 1 saturated heterocycles. The fraction of sp³-hybridized carbons (Fsp3) is 0.941. The quantitative estimate of drug-likeness (QED) is 0.734. The first kappa shape index (κ1) is 22.7. The summed E-state index contributed by atoms with van der Waals surface area (Å²) >= 11 is 0. The van der Waals surface area contributed by atoms with E-state index in [0.717, 1.165) is 58.5 Å². The van der Waals surface area contributed by atoms with E-state index in [1.165, 1.54) is 6.42 Å². The van der Waals surface area contributed by atoms with Crippen LogP contribution in [0, 0.1) is 0 Å². The van der Waals surface area contributed by atoms with Crippen LogP contribution in [0.1, 0.15) is 60.3 Å². The third-order valence-electron chi connectivity index (χ3n) is 3.49. The zero-order valence-corrected chi connectivity index (χ0v) is 15.4. The van der Waals surface area contributed by atoms with Crippen molar-refractivity contribution in [2.45, 2.75) is 60.3 Å². The van der Waals surface area contributed by atoms with Crippen molar-refractivity contribution in [1.82, 2.24) is 15.1 Å². The van der Waals surface area contributed by atoms with Gasteiger partial charge >= 0.3 is 0 Å². The second-order valence-electron chi connectivity index (χ2n) is 4.73. The highest BCUT2D eigenvalue weighted by atomic mass is 16.2. The summed E-state index contributed by atoms with van der Waals surface area (Å²) in [5.41, 5.74) is 0. The van der Waals surface area contributed by atoms with Gasteiger partial charge in [-0.05, 0) is 33.0 Å². The Bertz CT molecular complexity index is 214. The van der Waals surface area contributed by atoms with Gasteiger partial charge in [-0.2, -0.15) is 0 Å². The summed E-state index contributed by atoms with van der Waals surface area (Å²) in [5, 5.41) is 3.13. The number of likely N-dealkylation sites (N-methyl/N-ethyl adjacent to an activating group) is 1. The van der Waals surface area contributed by atoms with Crippen LogP contribution in [-0.2, 0) is 4.79 Å². The molecule has 4 heteroatoms. The molecule has 0 aromatic rings. The summed E-state index contributed by atoms with van der Waals surface area (Å²) in [6.07, 6.45) is 4.10. The van der Waals surface area contributed by atoms with E-state index in [0.29, 0.717) is 5.91 Å². The summed E-state index contributed by atoms with van der Waals surface area (Å²) in [6.45, 7) is 16.3. The Balaban J connectivity index is 0. The zero-order chi connectivity index (χ0) is 16.5. The standard InChI is InChI=1S/C13H27N3O.2C2H6/c1-3-15-9-11-16(12-10-15)13(17)7-5-4-6-8-14-2;2*1-2/h14H,3-12H2,1-2H3;2*1-2H3. The first-order valence-corrected chi connectivity index (χ1v) is 8.92. The fourth-order valence-corrected chi connectivity index (χ4v) is 2.23. The van der Waals surface area contributed by atoms with E-state index in [2.05, 4.69) is 17.1 Å². The number of nitrogens with one attached hydrogen (secondary N) is 1. The maximum atomic E-state index is 11.9. The molecule has 0 saturated carbocycles. The second-order valence-corrected chi connectivity index (χ2v) is 4.73. The van der Waals surface area contributed by atoms with E-state index in [1.807, 2.05) is 39.6 Å². The van der Waals surface area contributed by atoms with Gasteiger partial charge in [0, 0.05) is 32.6 Å². The van der Waals surface area contributed by atoms with Gasteiger partial charge in [0.05, 0.1) is 0 Å². The molecule has 1 amide bonds. The number of piperazine rings is 1. The average Bonchev–Trinajstić information content (AvgIpc) is 2.58. The molecule has 0 radical (unpaired) electrons. The zero-order valence-electron chi connectivity index (χ0n) is 15.4. The minimum atomic E-state index is 0.352. The molecule has 0 aromatic carbocycles. The molecule has 1 aliphatic heterocycles. The van der Waals surface area contributed by atoms with Gasteiger partial charge in [0.15, 0.2) is 0 Å². The van der Waals surface area contributed by atoms with E-state index in [4.69, 9.17) is 0 Å². The smallest absolute Gasteiger partial charge is 0.222 e. The number of nitrogens with zero attached hydrogens (tertiary/aromatic N) is 2. The van der Waals surface area contributed by atoms with E-state index in [9.17, 15) is 4.79 Å². The van der Waals surface area contributed by atoms with Crippen molar-refractivity contribution in [3.05, 3.63) is 0 Å². The Hall–Kier alpha value is -0.610. The molecule has 1 heterocycles. The van der Waals surface area contributed by atoms with Crippen molar-refractivity contribution in [2.24, 2.45) is 0 Å². The molecule has 1 fully saturated rings. The molecule has 0 unspecified atom stereocenters. The van der Waals surface area contributed by atoms with Gasteiger partial charge in [-0.15, -0.1) is 0 Å². The van der Waals surface area contributed by atoms with E-state index >= 15 is 0 Å². The highest BCUT2D eigenvalue weighted by molar-refractivity contribution is 5.76. The molecule has 21 heavy (non-hydrogen) atoms. The molecule has 0 spiro atoms. The molecule has 1 rings (SSSR count). The van der Waals surface area contributed by atoms with Crippen LogP contribution >= 0.6 is 0 Å². The van der Waals surface area contributed by atoms with Crippen molar-refractivity contribution in [2.75, 3.05) is 46.3 Å². The van der Waals surface area contributed by atoms with Crippen LogP contribution in [0.5, 0.6) is 0 Å². The third kappa shape index (κ3) is 11.7. The highest BCUT2D eigenvalue weighted by Gasteiger charge is 2.19. The van der Waals surface area contributed by atoms with Crippen molar-refractivity contribution >= 4 is 5.91 Å². The lowest BCUT2D eigenvalue weighted by Gasteiger charge is -2.34. The van der Waals surface area contributed by atoms with Gasteiger partial charge in [0.25, 0.3) is 0 Å². The Labute approximate surface area is 133 Å². The van der Waals surface area contributed by atoms with Crippen LogP contribution in [0.15, 0.2) is 0 Å². The number of hydrogen-bond acceptors (Lipinski definition) is 3. The second kappa shape index (κ2) is 17.4. The Kier molecular flexibility index (Phi) is 18.8. The fourth-order valence-electron chi connectivity index (χ4n) is 2.23. The van der Waals surface area contributed by atoms with Gasteiger partial charge in [-0.1, -0.05) is 41.0 Å². The predicted octanol–water partition coefficient (Wildman–Crippen LogP) is 2.98. The summed E-state index contributed by atoms with van der Waals surface area (Å²) in [4.78, 5) is 16.3. The number of rotatable bonds is 7. The van der Waals surface area contributed by atoms with E-state index in [-0.39, 0.29) is 0 Å². The summed E-state index contributed by atoms with van der Waals surface area (Å²) < 4.78 is 0. The van der Waals surface area contributed by atoms with Gasteiger partial charge in [-0.25, -0.2) is 0 Å². The van der Waals surface area contributed by atoms with Crippen LogP contribution in [0.25, 0.3) is 0 Å². The van der Waals surface area contributed by atoms with Crippen LogP contribution in [-0.4, -0.2) is 62.0 Å². The van der Waals surface area contributed by atoms with Crippen LogP contribution in [0.2, 0.25) is 0 Å². The molecule has 128 valence electrons. The van der Waals surface area contributed by atoms with Crippen molar-refractivity contribution in [3.63, 3.8) is 0 Å². The Morgan fingerprint density at radius 1 is 0.952 bits per heavy atom. The number of hydrogen-bond donors (Lipinski definition) is 1. The van der Waals surface area contributed by atoms with Crippen molar-refractivity contribution in [1.29, 1.82) is 0 Å². The first-order chi connectivity index (χ1) is 10.3. The maximum Gasteiger partial charge on any atom is 0.222 e. The predicted molar refractivity (Wildman–Crippen MR) is 93.8 cm³/mol. The third-order valence-corrected chi connectivity index (χ3v) is 3.49. The molecular formula is C17H39N3O. The molecule has 0 aromatic heterocycles. The van der Waals surface area contributed by atoms with Crippen LogP contribution in [0.3, 0.4) is 0 Å².